The van der Waals surface area contributed by atoms with Gasteiger partial charge >= 0.3 is 5.97 Å². The predicted octanol–water partition coefficient (Wildman–Crippen LogP) is 1.34. The Morgan fingerprint density at radius 2 is 2.12 bits per heavy atom. The number of rotatable bonds is 1. The van der Waals surface area contributed by atoms with Crippen molar-refractivity contribution in [3.63, 3.8) is 0 Å². The van der Waals surface area contributed by atoms with Gasteiger partial charge in [-0.1, -0.05) is 12.2 Å². The van der Waals surface area contributed by atoms with Crippen LogP contribution in [0.2, 0.25) is 0 Å². The molecule has 0 saturated carbocycles. The zero-order valence-electron chi connectivity index (χ0n) is 9.14. The SMILES string of the molecule is COC(=O)C1=CC2(C=CC=C1)OCCCO2. The molecule has 1 fully saturated rings. The van der Waals surface area contributed by atoms with Gasteiger partial charge in [-0.2, -0.15) is 0 Å². The molecule has 0 bridgehead atoms. The average Bonchev–Trinajstić information content (AvgIpc) is 2.52. The fraction of sp³-hybridized carbons (Fsp3) is 0.417. The van der Waals surface area contributed by atoms with Gasteiger partial charge in [0.2, 0.25) is 5.79 Å². The molecule has 16 heavy (non-hydrogen) atoms. The monoisotopic (exact) mass is 222 g/mol. The minimum atomic E-state index is -0.911. The number of esters is 1. The molecule has 4 nitrogen and oxygen atoms in total. The molecule has 0 aromatic rings. The maximum Gasteiger partial charge on any atom is 0.337 e. The van der Waals surface area contributed by atoms with Crippen LogP contribution in [0, 0.1) is 0 Å². The quantitative estimate of drug-likeness (QED) is 0.628. The lowest BCUT2D eigenvalue weighted by atomic mass is 10.1. The van der Waals surface area contributed by atoms with Gasteiger partial charge in [-0.25, -0.2) is 4.79 Å². The summed E-state index contributed by atoms with van der Waals surface area (Å²) in [7, 11) is 1.35. The van der Waals surface area contributed by atoms with Crippen LogP contribution < -0.4 is 0 Å². The smallest absolute Gasteiger partial charge is 0.337 e. The van der Waals surface area contributed by atoms with Gasteiger partial charge in [-0.15, -0.1) is 0 Å². The molecule has 0 atom stereocenters. The van der Waals surface area contributed by atoms with Crippen molar-refractivity contribution in [3.8, 4) is 0 Å². The largest absolute Gasteiger partial charge is 0.465 e. The number of hydrogen-bond donors (Lipinski definition) is 0. The van der Waals surface area contributed by atoms with Crippen LogP contribution in [0.15, 0.2) is 36.0 Å². The summed E-state index contributed by atoms with van der Waals surface area (Å²) in [5.41, 5.74) is 0.439. The Balaban J connectivity index is 2.28. The summed E-state index contributed by atoms with van der Waals surface area (Å²) >= 11 is 0. The van der Waals surface area contributed by atoms with Gasteiger partial charge in [0, 0.05) is 0 Å². The van der Waals surface area contributed by atoms with Crippen molar-refractivity contribution in [3.05, 3.63) is 36.0 Å². The number of methoxy groups -OCH3 is 1. The number of carbonyl (C=O) groups excluding carboxylic acids is 1. The van der Waals surface area contributed by atoms with Crippen molar-refractivity contribution < 1.29 is 19.0 Å². The van der Waals surface area contributed by atoms with Crippen molar-refractivity contribution in [2.75, 3.05) is 20.3 Å². The molecule has 0 amide bonds. The highest BCUT2D eigenvalue weighted by molar-refractivity contribution is 5.92. The van der Waals surface area contributed by atoms with Crippen molar-refractivity contribution in [2.24, 2.45) is 0 Å². The van der Waals surface area contributed by atoms with E-state index in [1.54, 1.807) is 30.4 Å². The van der Waals surface area contributed by atoms with Crippen molar-refractivity contribution in [1.82, 2.24) is 0 Å². The fourth-order valence-corrected chi connectivity index (χ4v) is 1.65. The van der Waals surface area contributed by atoms with Crippen LogP contribution in [-0.2, 0) is 19.0 Å². The average molecular weight is 222 g/mol. The molecule has 0 aromatic heterocycles. The van der Waals surface area contributed by atoms with Crippen molar-refractivity contribution in [1.29, 1.82) is 0 Å². The summed E-state index contributed by atoms with van der Waals surface area (Å²) in [5.74, 6) is -1.30. The van der Waals surface area contributed by atoms with E-state index in [2.05, 4.69) is 4.74 Å². The van der Waals surface area contributed by atoms with E-state index in [9.17, 15) is 4.79 Å². The molecule has 1 aliphatic heterocycles. The van der Waals surface area contributed by atoms with Gasteiger partial charge in [0.1, 0.15) is 0 Å². The Hall–Kier alpha value is -1.39. The minimum absolute atomic E-state index is 0.392. The summed E-state index contributed by atoms with van der Waals surface area (Å²) < 4.78 is 15.8. The van der Waals surface area contributed by atoms with E-state index in [0.717, 1.165) is 6.42 Å². The van der Waals surface area contributed by atoms with E-state index in [0.29, 0.717) is 18.8 Å². The molecule has 2 rings (SSSR count). The Bertz CT molecular complexity index is 359. The number of allylic oxidation sites excluding steroid dienone is 2. The second-order valence-electron chi connectivity index (χ2n) is 3.58. The summed E-state index contributed by atoms with van der Waals surface area (Å²) in [6.45, 7) is 1.24. The molecule has 1 spiro atoms. The topological polar surface area (TPSA) is 44.8 Å². The van der Waals surface area contributed by atoms with Crippen LogP contribution in [0.1, 0.15) is 6.42 Å². The van der Waals surface area contributed by atoms with E-state index in [1.807, 2.05) is 0 Å². The molecule has 0 radical (unpaired) electrons. The van der Waals surface area contributed by atoms with Gasteiger partial charge in [-0.05, 0) is 24.6 Å². The first-order chi connectivity index (χ1) is 7.76. The maximum atomic E-state index is 11.5. The van der Waals surface area contributed by atoms with Crippen LogP contribution in [0.25, 0.3) is 0 Å². The molecule has 1 saturated heterocycles. The Labute approximate surface area is 94.2 Å². The molecular weight excluding hydrogens is 208 g/mol. The van der Waals surface area contributed by atoms with Crippen LogP contribution >= 0.6 is 0 Å². The third-order valence-electron chi connectivity index (χ3n) is 2.44. The number of carbonyl (C=O) groups is 1. The summed E-state index contributed by atoms with van der Waals surface area (Å²) in [5, 5.41) is 0. The molecule has 0 N–H and O–H groups in total. The second kappa shape index (κ2) is 4.63. The third-order valence-corrected chi connectivity index (χ3v) is 2.44. The molecule has 4 heteroatoms. The second-order valence-corrected chi connectivity index (χ2v) is 3.58. The van der Waals surface area contributed by atoms with Crippen LogP contribution in [0.5, 0.6) is 0 Å². The predicted molar refractivity (Wildman–Crippen MR) is 57.6 cm³/mol. The van der Waals surface area contributed by atoms with E-state index < -0.39 is 11.8 Å². The van der Waals surface area contributed by atoms with E-state index in [4.69, 9.17) is 9.47 Å². The maximum absolute atomic E-state index is 11.5. The molecule has 0 unspecified atom stereocenters. The highest BCUT2D eigenvalue weighted by Gasteiger charge is 2.31. The van der Waals surface area contributed by atoms with Gasteiger partial charge in [0.15, 0.2) is 0 Å². The van der Waals surface area contributed by atoms with Crippen LogP contribution in [0.3, 0.4) is 0 Å². The van der Waals surface area contributed by atoms with Gasteiger partial charge in [-0.3, -0.25) is 0 Å². The van der Waals surface area contributed by atoms with Gasteiger partial charge in [0.25, 0.3) is 0 Å². The normalized spacial score (nSPS) is 22.7. The van der Waals surface area contributed by atoms with Gasteiger partial charge < -0.3 is 14.2 Å². The number of ether oxygens (including phenoxy) is 3. The molecule has 0 aromatic carbocycles. The third kappa shape index (κ3) is 2.23. The molecule has 1 aliphatic carbocycles. The fourth-order valence-electron chi connectivity index (χ4n) is 1.65. The summed E-state index contributed by atoms with van der Waals surface area (Å²) in [4.78, 5) is 11.5. The Kier molecular flexibility index (Phi) is 3.22. The first-order valence-electron chi connectivity index (χ1n) is 5.21. The first-order valence-corrected chi connectivity index (χ1v) is 5.21. The van der Waals surface area contributed by atoms with Gasteiger partial charge in [0.05, 0.1) is 25.9 Å². The lowest BCUT2D eigenvalue weighted by Gasteiger charge is -2.32. The zero-order chi connectivity index (χ0) is 11.4. The summed E-state index contributed by atoms with van der Waals surface area (Å²) in [6.07, 6.45) is 9.55. The van der Waals surface area contributed by atoms with E-state index >= 15 is 0 Å². The Morgan fingerprint density at radius 3 is 2.81 bits per heavy atom. The summed E-state index contributed by atoms with van der Waals surface area (Å²) in [6, 6.07) is 0. The molecule has 2 aliphatic rings. The van der Waals surface area contributed by atoms with Crippen molar-refractivity contribution >= 4 is 5.97 Å². The minimum Gasteiger partial charge on any atom is -0.465 e. The highest BCUT2D eigenvalue weighted by atomic mass is 16.7. The molecular formula is C12H14O4. The number of hydrogen-bond acceptors (Lipinski definition) is 4. The zero-order valence-corrected chi connectivity index (χ0v) is 9.14. The molecule has 86 valence electrons. The van der Waals surface area contributed by atoms with Crippen molar-refractivity contribution in [2.45, 2.75) is 12.2 Å². The lowest BCUT2D eigenvalue weighted by molar-refractivity contribution is -0.206. The Morgan fingerprint density at radius 1 is 1.38 bits per heavy atom. The van der Waals surface area contributed by atoms with Crippen LogP contribution in [0.4, 0.5) is 0 Å². The lowest BCUT2D eigenvalue weighted by Crippen LogP contribution is -2.37. The van der Waals surface area contributed by atoms with Crippen LogP contribution in [-0.4, -0.2) is 32.1 Å². The molecule has 1 heterocycles. The highest BCUT2D eigenvalue weighted by Crippen LogP contribution is 2.26. The standard InChI is InChI=1S/C12H14O4/c1-14-11(13)10-5-2-3-6-12(9-10)15-7-4-8-16-12/h2-3,5-6,9H,4,7-8H2,1H3. The van der Waals surface area contributed by atoms with E-state index in [1.165, 1.54) is 7.11 Å². The first kappa shape index (κ1) is 11.1. The van der Waals surface area contributed by atoms with E-state index in [-0.39, 0.29) is 0 Å².